The summed E-state index contributed by atoms with van der Waals surface area (Å²) in [7, 11) is 4.21. The van der Waals surface area contributed by atoms with Crippen molar-refractivity contribution in [3.63, 3.8) is 0 Å². The zero-order valence-corrected chi connectivity index (χ0v) is 11.7. The van der Waals surface area contributed by atoms with Gasteiger partial charge in [-0.2, -0.15) is 0 Å². The summed E-state index contributed by atoms with van der Waals surface area (Å²) < 4.78 is 0. The van der Waals surface area contributed by atoms with Crippen molar-refractivity contribution in [1.29, 1.82) is 0 Å². The molecule has 1 aliphatic rings. The maximum atomic E-state index is 12.4. The van der Waals surface area contributed by atoms with Crippen LogP contribution in [0.2, 0.25) is 0 Å². The minimum atomic E-state index is 0.0620. The molecule has 104 valence electrons. The first-order valence-electron chi connectivity index (χ1n) is 6.75. The number of nitrogen functional groups attached to an aromatic ring is 1. The molecule has 0 bridgehead atoms. The molecule has 1 aromatic heterocycles. The van der Waals surface area contributed by atoms with Crippen molar-refractivity contribution in [1.82, 2.24) is 14.8 Å². The minimum absolute atomic E-state index is 0.0620. The molecule has 1 aromatic rings. The fourth-order valence-electron chi connectivity index (χ4n) is 2.51. The molecule has 2 heterocycles. The second-order valence-electron chi connectivity index (χ2n) is 5.31. The topological polar surface area (TPSA) is 62.5 Å². The lowest BCUT2D eigenvalue weighted by atomic mass is 10.1. The van der Waals surface area contributed by atoms with Gasteiger partial charge in [-0.25, -0.2) is 4.98 Å². The zero-order valence-electron chi connectivity index (χ0n) is 11.7. The molecule has 19 heavy (non-hydrogen) atoms. The third kappa shape index (κ3) is 3.44. The molecular weight excluding hydrogens is 240 g/mol. The molecule has 1 saturated heterocycles. The molecule has 2 N–H and O–H groups in total. The van der Waals surface area contributed by atoms with Crippen LogP contribution in [0.4, 0.5) is 5.82 Å². The second-order valence-corrected chi connectivity index (χ2v) is 5.31. The fraction of sp³-hybridized carbons (Fsp3) is 0.571. The number of nitrogens with zero attached hydrogens (tertiary/aromatic N) is 3. The number of hydrogen-bond acceptors (Lipinski definition) is 4. The molecule has 0 aromatic carbocycles. The Bertz CT molecular complexity index is 430. The van der Waals surface area contributed by atoms with Gasteiger partial charge in [0.05, 0.1) is 5.56 Å². The summed E-state index contributed by atoms with van der Waals surface area (Å²) in [5, 5.41) is 0. The SMILES string of the molecule is CN(C)C1CCCN(C(=O)c2ccc(N)nc2)CC1. The Morgan fingerprint density at radius 1 is 1.37 bits per heavy atom. The lowest BCUT2D eigenvalue weighted by Gasteiger charge is -2.23. The average Bonchev–Trinajstić information content (AvgIpc) is 2.64. The molecule has 1 aliphatic heterocycles. The number of aromatic nitrogens is 1. The van der Waals surface area contributed by atoms with Crippen LogP contribution in [-0.4, -0.2) is 53.9 Å². The van der Waals surface area contributed by atoms with Crippen molar-refractivity contribution < 1.29 is 4.79 Å². The summed E-state index contributed by atoms with van der Waals surface area (Å²) in [6.07, 6.45) is 4.79. The Hall–Kier alpha value is -1.62. The maximum Gasteiger partial charge on any atom is 0.255 e. The van der Waals surface area contributed by atoms with Gasteiger partial charge in [0.25, 0.3) is 5.91 Å². The van der Waals surface area contributed by atoms with Gasteiger partial charge in [-0.15, -0.1) is 0 Å². The molecule has 1 amide bonds. The molecule has 1 unspecified atom stereocenters. The number of hydrogen-bond donors (Lipinski definition) is 1. The number of rotatable bonds is 2. The number of anilines is 1. The van der Waals surface area contributed by atoms with E-state index in [-0.39, 0.29) is 5.91 Å². The smallest absolute Gasteiger partial charge is 0.255 e. The van der Waals surface area contributed by atoms with Gasteiger partial charge < -0.3 is 15.5 Å². The summed E-state index contributed by atoms with van der Waals surface area (Å²) in [6.45, 7) is 1.64. The predicted molar refractivity (Wildman–Crippen MR) is 75.9 cm³/mol. The number of pyridine rings is 1. The van der Waals surface area contributed by atoms with Gasteiger partial charge in [0.2, 0.25) is 0 Å². The molecule has 0 saturated carbocycles. The van der Waals surface area contributed by atoms with Crippen LogP contribution in [0.25, 0.3) is 0 Å². The molecule has 0 aliphatic carbocycles. The van der Waals surface area contributed by atoms with Crippen molar-refractivity contribution in [2.24, 2.45) is 0 Å². The fourth-order valence-corrected chi connectivity index (χ4v) is 2.51. The van der Waals surface area contributed by atoms with E-state index in [0.717, 1.165) is 32.4 Å². The first-order valence-corrected chi connectivity index (χ1v) is 6.75. The van der Waals surface area contributed by atoms with Gasteiger partial charge in [0.1, 0.15) is 5.82 Å². The van der Waals surface area contributed by atoms with Crippen molar-refractivity contribution >= 4 is 11.7 Å². The molecule has 2 rings (SSSR count). The molecule has 0 spiro atoms. The molecular formula is C14H22N4O. The van der Waals surface area contributed by atoms with Crippen LogP contribution in [0, 0.1) is 0 Å². The van der Waals surface area contributed by atoms with E-state index < -0.39 is 0 Å². The summed E-state index contributed by atoms with van der Waals surface area (Å²) >= 11 is 0. The van der Waals surface area contributed by atoms with Crippen LogP contribution >= 0.6 is 0 Å². The van der Waals surface area contributed by atoms with E-state index in [0.29, 0.717) is 17.4 Å². The van der Waals surface area contributed by atoms with E-state index in [1.54, 1.807) is 18.3 Å². The Balaban J connectivity index is 2.02. The van der Waals surface area contributed by atoms with Crippen molar-refractivity contribution in [2.45, 2.75) is 25.3 Å². The first-order chi connectivity index (χ1) is 9.08. The molecule has 0 radical (unpaired) electrons. The largest absolute Gasteiger partial charge is 0.384 e. The third-order valence-electron chi connectivity index (χ3n) is 3.75. The highest BCUT2D eigenvalue weighted by Crippen LogP contribution is 2.16. The van der Waals surface area contributed by atoms with E-state index >= 15 is 0 Å². The van der Waals surface area contributed by atoms with E-state index in [1.165, 1.54) is 0 Å². The van der Waals surface area contributed by atoms with E-state index in [4.69, 9.17) is 5.73 Å². The van der Waals surface area contributed by atoms with Gasteiger partial charge in [-0.05, 0) is 45.5 Å². The highest BCUT2D eigenvalue weighted by Gasteiger charge is 2.22. The number of amides is 1. The van der Waals surface area contributed by atoms with E-state index in [1.807, 2.05) is 4.90 Å². The normalized spacial score (nSPS) is 20.4. The minimum Gasteiger partial charge on any atom is -0.384 e. The Morgan fingerprint density at radius 3 is 2.79 bits per heavy atom. The lowest BCUT2D eigenvalue weighted by molar-refractivity contribution is 0.0758. The number of nitrogens with two attached hydrogens (primary N) is 1. The molecule has 5 heteroatoms. The quantitative estimate of drug-likeness (QED) is 0.870. The summed E-state index contributed by atoms with van der Waals surface area (Å²) in [6, 6.07) is 3.99. The van der Waals surface area contributed by atoms with Gasteiger partial charge in [0, 0.05) is 25.3 Å². The van der Waals surface area contributed by atoms with Crippen LogP contribution < -0.4 is 5.73 Å². The zero-order chi connectivity index (χ0) is 13.8. The molecule has 1 fully saturated rings. The van der Waals surface area contributed by atoms with Crippen molar-refractivity contribution in [3.8, 4) is 0 Å². The molecule has 5 nitrogen and oxygen atoms in total. The number of carbonyl (C=O) groups is 1. The average molecular weight is 262 g/mol. The summed E-state index contributed by atoms with van der Waals surface area (Å²) in [5.41, 5.74) is 6.16. The van der Waals surface area contributed by atoms with E-state index in [2.05, 4.69) is 24.0 Å². The van der Waals surface area contributed by atoms with Crippen molar-refractivity contribution in [3.05, 3.63) is 23.9 Å². The standard InChI is InChI=1S/C14H22N4O/c1-17(2)12-4-3-8-18(9-7-12)14(19)11-5-6-13(15)16-10-11/h5-6,10,12H,3-4,7-9H2,1-2H3,(H2,15,16). The van der Waals surface area contributed by atoms with Crippen LogP contribution in [0.15, 0.2) is 18.3 Å². The van der Waals surface area contributed by atoms with Crippen LogP contribution in [0.3, 0.4) is 0 Å². The summed E-state index contributed by atoms with van der Waals surface area (Å²) in [4.78, 5) is 20.5. The van der Waals surface area contributed by atoms with Gasteiger partial charge in [-0.1, -0.05) is 0 Å². The summed E-state index contributed by atoms with van der Waals surface area (Å²) in [5.74, 6) is 0.506. The highest BCUT2D eigenvalue weighted by atomic mass is 16.2. The van der Waals surface area contributed by atoms with Crippen LogP contribution in [-0.2, 0) is 0 Å². The Labute approximate surface area is 114 Å². The van der Waals surface area contributed by atoms with Gasteiger partial charge >= 0.3 is 0 Å². The third-order valence-corrected chi connectivity index (χ3v) is 3.75. The van der Waals surface area contributed by atoms with Crippen molar-refractivity contribution in [2.75, 3.05) is 32.9 Å². The lowest BCUT2D eigenvalue weighted by Crippen LogP contribution is -2.33. The van der Waals surface area contributed by atoms with E-state index in [9.17, 15) is 4.79 Å². The monoisotopic (exact) mass is 262 g/mol. The maximum absolute atomic E-state index is 12.4. The predicted octanol–water partition coefficient (Wildman–Crippen LogP) is 1.22. The number of likely N-dealkylation sites (tertiary alicyclic amines) is 1. The van der Waals surface area contributed by atoms with Gasteiger partial charge in [0.15, 0.2) is 0 Å². The number of carbonyl (C=O) groups excluding carboxylic acids is 1. The Kier molecular flexibility index (Phi) is 4.37. The first kappa shape index (κ1) is 13.8. The van der Waals surface area contributed by atoms with Crippen LogP contribution in [0.5, 0.6) is 0 Å². The Morgan fingerprint density at radius 2 is 2.16 bits per heavy atom. The second kappa shape index (κ2) is 6.02. The highest BCUT2D eigenvalue weighted by molar-refractivity contribution is 5.94. The van der Waals surface area contributed by atoms with Crippen LogP contribution in [0.1, 0.15) is 29.6 Å². The molecule has 1 atom stereocenters. The van der Waals surface area contributed by atoms with Gasteiger partial charge in [-0.3, -0.25) is 4.79 Å².